The van der Waals surface area contributed by atoms with Crippen LogP contribution in [0.2, 0.25) is 0 Å². The molecule has 3 heterocycles. The van der Waals surface area contributed by atoms with Crippen molar-refractivity contribution < 1.29 is 4.79 Å². The number of carbonyl (C=O) groups is 1. The lowest BCUT2D eigenvalue weighted by Crippen LogP contribution is -2.27. The first-order valence-corrected chi connectivity index (χ1v) is 12.8. The number of pyridine rings is 1. The van der Waals surface area contributed by atoms with Crippen molar-refractivity contribution in [1.82, 2.24) is 10.3 Å². The number of piperidine rings is 1. The van der Waals surface area contributed by atoms with Crippen molar-refractivity contribution >= 4 is 49.6 Å². The van der Waals surface area contributed by atoms with E-state index in [1.807, 2.05) is 11.3 Å². The van der Waals surface area contributed by atoms with Crippen molar-refractivity contribution in [1.29, 1.82) is 0 Å². The van der Waals surface area contributed by atoms with Gasteiger partial charge in [-0.25, -0.2) is 4.98 Å². The van der Waals surface area contributed by atoms with E-state index in [0.29, 0.717) is 5.92 Å². The smallest absolute Gasteiger partial charge is 0.247 e. The average Bonchev–Trinajstić information content (AvgIpc) is 3.19. The molecule has 1 saturated heterocycles. The van der Waals surface area contributed by atoms with E-state index in [2.05, 4.69) is 78.8 Å². The fourth-order valence-corrected chi connectivity index (χ4v) is 6.02. The molecule has 174 valence electrons. The molecule has 2 aromatic carbocycles. The van der Waals surface area contributed by atoms with Crippen LogP contribution in [-0.4, -0.2) is 30.5 Å². The number of benzene rings is 2. The molecular formula is C28H30N4OS. The second-order valence-electron chi connectivity index (χ2n) is 8.79. The lowest BCUT2D eigenvalue weighted by molar-refractivity contribution is -0.111. The SMILES string of the molecule is C=CC(=O)Nc1cc(-c2ccc3c(ccc4sc(C)c(NCC)c43)n2)ccc1C1CCNCC1. The third kappa shape index (κ3) is 4.19. The summed E-state index contributed by atoms with van der Waals surface area (Å²) in [5, 5.41) is 12.4. The Hall–Kier alpha value is -3.22. The van der Waals surface area contributed by atoms with E-state index >= 15 is 0 Å². The summed E-state index contributed by atoms with van der Waals surface area (Å²) in [6, 6.07) is 14.9. The topological polar surface area (TPSA) is 66.0 Å². The molecule has 5 rings (SSSR count). The maximum atomic E-state index is 12.2. The first kappa shape index (κ1) is 22.6. The number of fused-ring (bicyclic) bond motifs is 3. The molecule has 6 heteroatoms. The minimum Gasteiger partial charge on any atom is -0.384 e. The molecule has 0 bridgehead atoms. The zero-order valence-corrected chi connectivity index (χ0v) is 20.5. The standard InChI is InChI=1S/C28H30N4OS/c1-4-26(33)32-24-16-19(6-7-20(24)18-12-14-29-15-13-18)22-9-8-21-23(31-22)10-11-25-27(21)28(30-5-2)17(3)34-25/h4,6-11,16,18,29-30H,1,5,12-15H2,2-3H3,(H,32,33). The number of aromatic nitrogens is 1. The zero-order valence-electron chi connectivity index (χ0n) is 19.7. The van der Waals surface area contributed by atoms with E-state index < -0.39 is 0 Å². The van der Waals surface area contributed by atoms with Gasteiger partial charge in [0.2, 0.25) is 5.91 Å². The van der Waals surface area contributed by atoms with Gasteiger partial charge >= 0.3 is 0 Å². The Bertz CT molecular complexity index is 1380. The Labute approximate surface area is 204 Å². The highest BCUT2D eigenvalue weighted by atomic mass is 32.1. The summed E-state index contributed by atoms with van der Waals surface area (Å²) < 4.78 is 1.27. The lowest BCUT2D eigenvalue weighted by Gasteiger charge is -2.25. The van der Waals surface area contributed by atoms with E-state index in [-0.39, 0.29) is 5.91 Å². The number of nitrogens with zero attached hydrogens (tertiary/aromatic N) is 1. The maximum absolute atomic E-state index is 12.2. The highest BCUT2D eigenvalue weighted by Crippen LogP contribution is 2.40. The number of thiophene rings is 1. The molecule has 5 nitrogen and oxygen atoms in total. The first-order valence-electron chi connectivity index (χ1n) is 11.9. The van der Waals surface area contributed by atoms with Gasteiger partial charge in [0.15, 0.2) is 0 Å². The Morgan fingerprint density at radius 1 is 1.21 bits per heavy atom. The van der Waals surface area contributed by atoms with Crippen LogP contribution >= 0.6 is 11.3 Å². The molecule has 3 N–H and O–H groups in total. The van der Waals surface area contributed by atoms with Gasteiger partial charge in [-0.15, -0.1) is 11.3 Å². The van der Waals surface area contributed by atoms with Crippen molar-refractivity contribution in [2.45, 2.75) is 32.6 Å². The predicted molar refractivity (Wildman–Crippen MR) is 145 cm³/mol. The molecular weight excluding hydrogens is 440 g/mol. The highest BCUT2D eigenvalue weighted by molar-refractivity contribution is 7.19. The Morgan fingerprint density at radius 2 is 2.03 bits per heavy atom. The molecule has 0 spiro atoms. The zero-order chi connectivity index (χ0) is 23.7. The van der Waals surface area contributed by atoms with Gasteiger partial charge in [-0.2, -0.15) is 0 Å². The lowest BCUT2D eigenvalue weighted by atomic mass is 9.88. The number of carbonyl (C=O) groups excluding carboxylic acids is 1. The number of hydrogen-bond donors (Lipinski definition) is 3. The Balaban J connectivity index is 1.58. The van der Waals surface area contributed by atoms with Gasteiger partial charge in [0.25, 0.3) is 0 Å². The van der Waals surface area contributed by atoms with Crippen LogP contribution in [-0.2, 0) is 4.79 Å². The number of amides is 1. The minimum absolute atomic E-state index is 0.190. The van der Waals surface area contributed by atoms with Crippen molar-refractivity contribution in [2.24, 2.45) is 0 Å². The average molecular weight is 471 g/mol. The molecule has 1 aliphatic heterocycles. The summed E-state index contributed by atoms with van der Waals surface area (Å²) in [7, 11) is 0. The van der Waals surface area contributed by atoms with Crippen LogP contribution in [0.1, 0.15) is 36.1 Å². The second-order valence-corrected chi connectivity index (χ2v) is 10.0. The third-order valence-corrected chi connectivity index (χ3v) is 7.69. The molecule has 1 fully saturated rings. The minimum atomic E-state index is -0.190. The molecule has 1 amide bonds. The van der Waals surface area contributed by atoms with Crippen molar-refractivity contribution in [3.8, 4) is 11.3 Å². The first-order chi connectivity index (χ1) is 16.6. The monoisotopic (exact) mass is 470 g/mol. The summed E-state index contributed by atoms with van der Waals surface area (Å²) in [6.07, 6.45) is 3.45. The van der Waals surface area contributed by atoms with E-state index in [9.17, 15) is 4.79 Å². The number of rotatable bonds is 6. The largest absolute Gasteiger partial charge is 0.384 e. The van der Waals surface area contributed by atoms with Gasteiger partial charge in [0.1, 0.15) is 0 Å². The van der Waals surface area contributed by atoms with Crippen molar-refractivity contribution in [2.75, 3.05) is 30.3 Å². The maximum Gasteiger partial charge on any atom is 0.247 e. The fourth-order valence-electron chi connectivity index (χ4n) is 4.97. The van der Waals surface area contributed by atoms with Gasteiger partial charge < -0.3 is 16.0 Å². The Kier molecular flexibility index (Phi) is 6.35. The quantitative estimate of drug-likeness (QED) is 0.283. The van der Waals surface area contributed by atoms with E-state index in [1.54, 1.807) is 0 Å². The normalized spacial score (nSPS) is 14.4. The molecule has 2 aromatic heterocycles. The van der Waals surface area contributed by atoms with Crippen LogP contribution in [0.4, 0.5) is 11.4 Å². The summed E-state index contributed by atoms with van der Waals surface area (Å²) in [5.74, 6) is 0.240. The summed E-state index contributed by atoms with van der Waals surface area (Å²) in [6.45, 7) is 10.8. The molecule has 0 atom stereocenters. The number of aryl methyl sites for hydroxylation is 1. The van der Waals surface area contributed by atoms with Crippen LogP contribution in [0, 0.1) is 6.92 Å². The highest BCUT2D eigenvalue weighted by Gasteiger charge is 2.20. The van der Waals surface area contributed by atoms with Gasteiger partial charge in [0.05, 0.1) is 16.9 Å². The Morgan fingerprint density at radius 3 is 2.79 bits per heavy atom. The molecule has 0 radical (unpaired) electrons. The summed E-state index contributed by atoms with van der Waals surface area (Å²) in [5.41, 5.74) is 6.12. The second kappa shape index (κ2) is 9.57. The van der Waals surface area contributed by atoms with Crippen molar-refractivity contribution in [3.63, 3.8) is 0 Å². The third-order valence-electron chi connectivity index (χ3n) is 6.62. The summed E-state index contributed by atoms with van der Waals surface area (Å²) >= 11 is 1.82. The van der Waals surface area contributed by atoms with Crippen LogP contribution in [0.5, 0.6) is 0 Å². The molecule has 4 aromatic rings. The number of hydrogen-bond acceptors (Lipinski definition) is 5. The van der Waals surface area contributed by atoms with E-state index in [0.717, 1.165) is 60.3 Å². The molecule has 34 heavy (non-hydrogen) atoms. The number of nitrogens with one attached hydrogen (secondary N) is 3. The van der Waals surface area contributed by atoms with E-state index in [1.165, 1.54) is 32.3 Å². The molecule has 0 aliphatic carbocycles. The van der Waals surface area contributed by atoms with Crippen LogP contribution < -0.4 is 16.0 Å². The number of anilines is 2. The molecule has 0 saturated carbocycles. The summed E-state index contributed by atoms with van der Waals surface area (Å²) in [4.78, 5) is 18.5. The van der Waals surface area contributed by atoms with Gasteiger partial charge in [-0.05, 0) is 87.7 Å². The molecule has 0 unspecified atom stereocenters. The molecule has 1 aliphatic rings. The van der Waals surface area contributed by atoms with Gasteiger partial charge in [-0.3, -0.25) is 4.79 Å². The van der Waals surface area contributed by atoms with Gasteiger partial charge in [0, 0.05) is 38.1 Å². The predicted octanol–water partition coefficient (Wildman–Crippen LogP) is 6.45. The van der Waals surface area contributed by atoms with E-state index in [4.69, 9.17) is 4.98 Å². The fraction of sp³-hybridized carbons (Fsp3) is 0.286. The van der Waals surface area contributed by atoms with Crippen LogP contribution in [0.25, 0.3) is 32.2 Å². The van der Waals surface area contributed by atoms with Gasteiger partial charge in [-0.1, -0.05) is 18.7 Å². The van der Waals surface area contributed by atoms with Crippen LogP contribution in [0.3, 0.4) is 0 Å². The van der Waals surface area contributed by atoms with Crippen molar-refractivity contribution in [3.05, 3.63) is 65.6 Å². The van der Waals surface area contributed by atoms with Crippen LogP contribution in [0.15, 0.2) is 55.1 Å².